The zero-order chi connectivity index (χ0) is 21.3. The average molecular weight is 406 g/mol. The molecule has 0 saturated carbocycles. The van der Waals surface area contributed by atoms with Gasteiger partial charge in [0, 0.05) is 11.6 Å². The molecule has 3 amide bonds. The fraction of sp³-hybridized carbons (Fsp3) is 0.136. The van der Waals surface area contributed by atoms with Gasteiger partial charge in [-0.3, -0.25) is 19.3 Å². The molecular weight excluding hydrogens is 388 g/mol. The highest BCUT2D eigenvalue weighted by atomic mass is 16.5. The third-order valence-electron chi connectivity index (χ3n) is 4.78. The van der Waals surface area contributed by atoms with E-state index in [0.717, 1.165) is 4.90 Å². The van der Waals surface area contributed by atoms with Gasteiger partial charge in [0.25, 0.3) is 17.7 Å². The summed E-state index contributed by atoms with van der Waals surface area (Å²) in [6.07, 6.45) is 1.47. The number of furan rings is 1. The summed E-state index contributed by atoms with van der Waals surface area (Å²) in [5.74, 6) is 0.157. The molecular formula is C22H18N2O6. The van der Waals surface area contributed by atoms with Gasteiger partial charge in [-0.1, -0.05) is 0 Å². The fourth-order valence-electron chi connectivity index (χ4n) is 3.24. The predicted molar refractivity (Wildman–Crippen MR) is 107 cm³/mol. The fourth-order valence-corrected chi connectivity index (χ4v) is 3.24. The number of hydrogen-bond donors (Lipinski definition) is 1. The molecule has 0 saturated heterocycles. The van der Waals surface area contributed by atoms with Gasteiger partial charge in [0.1, 0.15) is 17.3 Å². The van der Waals surface area contributed by atoms with Crippen molar-refractivity contribution < 1.29 is 28.3 Å². The smallest absolute Gasteiger partial charge is 0.261 e. The van der Waals surface area contributed by atoms with Crippen molar-refractivity contribution in [3.05, 3.63) is 77.2 Å². The van der Waals surface area contributed by atoms with Crippen LogP contribution < -0.4 is 14.8 Å². The number of fused-ring (bicyclic) bond motifs is 1. The molecule has 8 heteroatoms. The molecule has 0 aliphatic carbocycles. The van der Waals surface area contributed by atoms with Crippen LogP contribution in [0.3, 0.4) is 0 Å². The first-order valence-corrected chi connectivity index (χ1v) is 9.08. The lowest BCUT2D eigenvalue weighted by Crippen LogP contribution is -2.28. The van der Waals surface area contributed by atoms with Gasteiger partial charge in [-0.25, -0.2) is 0 Å². The molecule has 0 spiro atoms. The van der Waals surface area contributed by atoms with Gasteiger partial charge in [0.2, 0.25) is 0 Å². The number of ether oxygens (including phenoxy) is 2. The number of carbonyl (C=O) groups is 3. The highest BCUT2D eigenvalue weighted by molar-refractivity contribution is 6.22. The number of hydrogen-bond acceptors (Lipinski definition) is 6. The molecule has 4 rings (SSSR count). The van der Waals surface area contributed by atoms with Gasteiger partial charge in [0.05, 0.1) is 43.8 Å². The summed E-state index contributed by atoms with van der Waals surface area (Å²) in [4.78, 5) is 39.2. The molecule has 1 aliphatic heterocycles. The molecule has 152 valence electrons. The maximum atomic E-state index is 12.8. The molecule has 1 N–H and O–H groups in total. The minimum Gasteiger partial charge on any atom is -0.497 e. The van der Waals surface area contributed by atoms with E-state index in [2.05, 4.69) is 5.32 Å². The lowest BCUT2D eigenvalue weighted by atomic mass is 10.1. The quantitative estimate of drug-likeness (QED) is 0.631. The van der Waals surface area contributed by atoms with Crippen molar-refractivity contribution in [3.63, 3.8) is 0 Å². The molecule has 0 atom stereocenters. The molecule has 3 aromatic rings. The molecule has 30 heavy (non-hydrogen) atoms. The third-order valence-corrected chi connectivity index (χ3v) is 4.78. The Kier molecular flexibility index (Phi) is 4.97. The third kappa shape index (κ3) is 3.39. The zero-order valence-corrected chi connectivity index (χ0v) is 16.3. The monoisotopic (exact) mass is 406 g/mol. The van der Waals surface area contributed by atoms with Crippen LogP contribution in [0.15, 0.2) is 59.2 Å². The maximum Gasteiger partial charge on any atom is 0.261 e. The van der Waals surface area contributed by atoms with Crippen LogP contribution in [0.5, 0.6) is 11.5 Å². The summed E-state index contributed by atoms with van der Waals surface area (Å²) in [6, 6.07) is 12.8. The van der Waals surface area contributed by atoms with Crippen LogP contribution in [0.2, 0.25) is 0 Å². The Bertz CT molecular complexity index is 1140. The minimum absolute atomic E-state index is 0.0296. The number of benzene rings is 2. The van der Waals surface area contributed by atoms with Crippen LogP contribution in [0.4, 0.5) is 5.69 Å². The summed E-state index contributed by atoms with van der Waals surface area (Å²) in [5.41, 5.74) is 1.09. The largest absolute Gasteiger partial charge is 0.497 e. The van der Waals surface area contributed by atoms with E-state index in [-0.39, 0.29) is 23.2 Å². The van der Waals surface area contributed by atoms with E-state index < -0.39 is 17.7 Å². The van der Waals surface area contributed by atoms with Gasteiger partial charge in [0.15, 0.2) is 0 Å². The number of imide groups is 1. The Morgan fingerprint density at radius 2 is 1.80 bits per heavy atom. The van der Waals surface area contributed by atoms with Crippen LogP contribution in [-0.2, 0) is 6.54 Å². The van der Waals surface area contributed by atoms with Crippen LogP contribution in [0.1, 0.15) is 36.8 Å². The molecule has 1 aliphatic rings. The molecule has 2 heterocycles. The number of amides is 3. The number of rotatable bonds is 6. The SMILES string of the molecule is COc1ccc(OC)c(NC(=O)c2ccc3c(c2)C(=O)N(Cc2ccco2)C3=O)c1. The Balaban J connectivity index is 1.58. The Morgan fingerprint density at radius 3 is 2.50 bits per heavy atom. The minimum atomic E-state index is -0.472. The van der Waals surface area contributed by atoms with Crippen molar-refractivity contribution >= 4 is 23.4 Å². The van der Waals surface area contributed by atoms with E-state index >= 15 is 0 Å². The Morgan fingerprint density at radius 1 is 1.00 bits per heavy atom. The lowest BCUT2D eigenvalue weighted by Gasteiger charge is -2.12. The number of nitrogens with zero attached hydrogens (tertiary/aromatic N) is 1. The normalized spacial score (nSPS) is 12.7. The average Bonchev–Trinajstić information content (AvgIpc) is 3.36. The summed E-state index contributed by atoms with van der Waals surface area (Å²) < 4.78 is 15.7. The lowest BCUT2D eigenvalue weighted by molar-refractivity contribution is 0.0631. The Hall–Kier alpha value is -4.07. The molecule has 0 unspecified atom stereocenters. The Labute approximate surface area is 172 Å². The van der Waals surface area contributed by atoms with Gasteiger partial charge >= 0.3 is 0 Å². The maximum absolute atomic E-state index is 12.8. The van der Waals surface area contributed by atoms with Crippen LogP contribution in [-0.4, -0.2) is 36.8 Å². The zero-order valence-electron chi connectivity index (χ0n) is 16.3. The van der Waals surface area contributed by atoms with E-state index in [1.54, 1.807) is 30.3 Å². The van der Waals surface area contributed by atoms with Crippen molar-refractivity contribution in [3.8, 4) is 11.5 Å². The first-order chi connectivity index (χ1) is 14.5. The second kappa shape index (κ2) is 7.75. The second-order valence-corrected chi connectivity index (χ2v) is 6.56. The van der Waals surface area contributed by atoms with Gasteiger partial charge in [-0.2, -0.15) is 0 Å². The standard InChI is InChI=1S/C22H18N2O6/c1-28-14-6-8-19(29-2)18(11-14)23-20(25)13-5-7-16-17(10-13)22(27)24(21(16)26)12-15-4-3-9-30-15/h3-11H,12H2,1-2H3,(H,23,25). The van der Waals surface area contributed by atoms with E-state index in [9.17, 15) is 14.4 Å². The van der Waals surface area contributed by atoms with Crippen LogP contribution in [0.25, 0.3) is 0 Å². The van der Waals surface area contributed by atoms with Crippen molar-refractivity contribution in [2.24, 2.45) is 0 Å². The molecule has 0 bridgehead atoms. The summed E-state index contributed by atoms with van der Waals surface area (Å²) >= 11 is 0. The highest BCUT2D eigenvalue weighted by Gasteiger charge is 2.36. The van der Waals surface area contributed by atoms with Crippen LogP contribution >= 0.6 is 0 Å². The highest BCUT2D eigenvalue weighted by Crippen LogP contribution is 2.30. The van der Waals surface area contributed by atoms with Gasteiger partial charge in [-0.05, 0) is 42.5 Å². The number of anilines is 1. The van der Waals surface area contributed by atoms with E-state index in [1.807, 2.05) is 0 Å². The van der Waals surface area contributed by atoms with Gasteiger partial charge < -0.3 is 19.2 Å². The topological polar surface area (TPSA) is 98.1 Å². The molecule has 2 aromatic carbocycles. The molecule has 8 nitrogen and oxygen atoms in total. The second-order valence-electron chi connectivity index (χ2n) is 6.56. The summed E-state index contributed by atoms with van der Waals surface area (Å²) in [6.45, 7) is 0.0296. The number of carbonyl (C=O) groups excluding carboxylic acids is 3. The number of nitrogens with one attached hydrogen (secondary N) is 1. The predicted octanol–water partition coefficient (Wildman–Crippen LogP) is 3.35. The molecule has 0 fully saturated rings. The van der Waals surface area contributed by atoms with E-state index in [0.29, 0.717) is 22.9 Å². The van der Waals surface area contributed by atoms with Crippen molar-refractivity contribution in [1.29, 1.82) is 0 Å². The summed E-state index contributed by atoms with van der Waals surface area (Å²) in [7, 11) is 3.01. The first kappa shape index (κ1) is 19.3. The first-order valence-electron chi connectivity index (χ1n) is 9.08. The van der Waals surface area contributed by atoms with Crippen molar-refractivity contribution in [2.75, 3.05) is 19.5 Å². The molecule has 1 aromatic heterocycles. The molecule has 0 radical (unpaired) electrons. The van der Waals surface area contributed by atoms with E-state index in [1.165, 1.54) is 38.7 Å². The van der Waals surface area contributed by atoms with E-state index in [4.69, 9.17) is 13.9 Å². The van der Waals surface area contributed by atoms with Gasteiger partial charge in [-0.15, -0.1) is 0 Å². The van der Waals surface area contributed by atoms with Crippen LogP contribution in [0, 0.1) is 0 Å². The van der Waals surface area contributed by atoms with Crippen molar-refractivity contribution in [1.82, 2.24) is 4.90 Å². The van der Waals surface area contributed by atoms with Crippen molar-refractivity contribution in [2.45, 2.75) is 6.54 Å². The number of methoxy groups -OCH3 is 2. The summed E-state index contributed by atoms with van der Waals surface area (Å²) in [5, 5.41) is 2.75.